The molecule has 1 spiro atoms. The average Bonchev–Trinajstić information content (AvgIpc) is 3.40. The lowest BCUT2D eigenvalue weighted by Gasteiger charge is -2.27. The molecule has 0 radical (unpaired) electrons. The van der Waals surface area contributed by atoms with Gasteiger partial charge in [0.15, 0.2) is 11.5 Å². The average molecular weight is 389 g/mol. The SMILES string of the molecule is CCCOc1ccc(CN(CCC)C(=O)C2CC23CCNCC3)cc1OCC. The largest absolute Gasteiger partial charge is 0.490 e. The second kappa shape index (κ2) is 9.64. The molecule has 1 atom stereocenters. The van der Waals surface area contributed by atoms with Crippen molar-refractivity contribution in [3.05, 3.63) is 23.8 Å². The molecule has 1 saturated heterocycles. The molecule has 3 rings (SSSR count). The summed E-state index contributed by atoms with van der Waals surface area (Å²) in [5.41, 5.74) is 1.39. The van der Waals surface area contributed by atoms with Gasteiger partial charge in [-0.05, 0) is 75.2 Å². The molecule has 1 amide bonds. The van der Waals surface area contributed by atoms with Crippen LogP contribution in [0.25, 0.3) is 0 Å². The van der Waals surface area contributed by atoms with E-state index in [1.807, 2.05) is 19.1 Å². The number of rotatable bonds is 10. The predicted octanol–water partition coefficient (Wildman–Crippen LogP) is 4.00. The number of nitrogens with one attached hydrogen (secondary N) is 1. The van der Waals surface area contributed by atoms with E-state index < -0.39 is 0 Å². The third kappa shape index (κ3) is 4.80. The summed E-state index contributed by atoms with van der Waals surface area (Å²) < 4.78 is 11.6. The highest BCUT2D eigenvalue weighted by atomic mass is 16.5. The van der Waals surface area contributed by atoms with Gasteiger partial charge in [0.25, 0.3) is 0 Å². The zero-order chi connectivity index (χ0) is 20.0. The van der Waals surface area contributed by atoms with Gasteiger partial charge in [-0.1, -0.05) is 19.9 Å². The Morgan fingerprint density at radius 1 is 1.14 bits per heavy atom. The molecule has 5 nitrogen and oxygen atoms in total. The van der Waals surface area contributed by atoms with Gasteiger partial charge in [0, 0.05) is 19.0 Å². The summed E-state index contributed by atoms with van der Waals surface area (Å²) in [6, 6.07) is 6.09. The van der Waals surface area contributed by atoms with E-state index in [0.29, 0.717) is 25.7 Å². The molecule has 1 aliphatic carbocycles. The van der Waals surface area contributed by atoms with Crippen molar-refractivity contribution >= 4 is 5.91 Å². The highest BCUT2D eigenvalue weighted by molar-refractivity contribution is 5.82. The number of piperidine rings is 1. The molecule has 5 heteroatoms. The fourth-order valence-electron chi connectivity index (χ4n) is 4.40. The molecular formula is C23H36N2O3. The van der Waals surface area contributed by atoms with Crippen molar-refractivity contribution in [1.82, 2.24) is 10.2 Å². The van der Waals surface area contributed by atoms with Crippen LogP contribution in [0.2, 0.25) is 0 Å². The Kier molecular flexibility index (Phi) is 7.22. The van der Waals surface area contributed by atoms with Crippen molar-refractivity contribution in [2.75, 3.05) is 32.8 Å². The van der Waals surface area contributed by atoms with Crippen LogP contribution in [0.1, 0.15) is 58.4 Å². The fraction of sp³-hybridized carbons (Fsp3) is 0.696. The number of hydrogen-bond acceptors (Lipinski definition) is 4. The van der Waals surface area contributed by atoms with Crippen molar-refractivity contribution in [2.24, 2.45) is 11.3 Å². The van der Waals surface area contributed by atoms with Crippen LogP contribution in [-0.4, -0.2) is 43.7 Å². The van der Waals surface area contributed by atoms with Gasteiger partial charge in [-0.25, -0.2) is 0 Å². The normalized spacial score (nSPS) is 20.0. The maximum Gasteiger partial charge on any atom is 0.226 e. The molecule has 0 bridgehead atoms. The van der Waals surface area contributed by atoms with Crippen molar-refractivity contribution in [3.8, 4) is 11.5 Å². The minimum atomic E-state index is 0.222. The van der Waals surface area contributed by atoms with Crippen molar-refractivity contribution in [2.45, 2.75) is 59.4 Å². The highest BCUT2D eigenvalue weighted by Crippen LogP contribution is 2.59. The number of benzene rings is 1. The molecule has 2 fully saturated rings. The molecule has 0 aromatic heterocycles. The Hall–Kier alpha value is -1.75. The molecule has 1 saturated carbocycles. The quantitative estimate of drug-likeness (QED) is 0.658. The topological polar surface area (TPSA) is 50.8 Å². The van der Waals surface area contributed by atoms with Crippen LogP contribution in [0.5, 0.6) is 11.5 Å². The van der Waals surface area contributed by atoms with Crippen LogP contribution in [0.15, 0.2) is 18.2 Å². The third-order valence-electron chi connectivity index (χ3n) is 6.04. The van der Waals surface area contributed by atoms with Crippen LogP contribution in [0.3, 0.4) is 0 Å². The maximum atomic E-state index is 13.2. The molecule has 2 aliphatic rings. The molecule has 156 valence electrons. The van der Waals surface area contributed by atoms with E-state index in [0.717, 1.165) is 68.8 Å². The smallest absolute Gasteiger partial charge is 0.226 e. The first-order chi connectivity index (χ1) is 13.6. The van der Waals surface area contributed by atoms with Crippen LogP contribution in [0.4, 0.5) is 0 Å². The Bertz CT molecular complexity index is 655. The van der Waals surface area contributed by atoms with Gasteiger partial charge in [0.1, 0.15) is 0 Å². The molecule has 1 aromatic carbocycles. The Morgan fingerprint density at radius 2 is 1.93 bits per heavy atom. The Morgan fingerprint density at radius 3 is 2.61 bits per heavy atom. The van der Waals surface area contributed by atoms with E-state index in [9.17, 15) is 4.79 Å². The van der Waals surface area contributed by atoms with Gasteiger partial charge < -0.3 is 19.7 Å². The Balaban J connectivity index is 1.69. The van der Waals surface area contributed by atoms with Gasteiger partial charge in [0.05, 0.1) is 13.2 Å². The number of amides is 1. The van der Waals surface area contributed by atoms with Gasteiger partial charge in [-0.15, -0.1) is 0 Å². The first-order valence-electron chi connectivity index (χ1n) is 11.0. The minimum absolute atomic E-state index is 0.222. The lowest BCUT2D eigenvalue weighted by Crippen LogP contribution is -2.36. The zero-order valence-electron chi connectivity index (χ0n) is 17.8. The predicted molar refractivity (Wildman–Crippen MR) is 112 cm³/mol. The van der Waals surface area contributed by atoms with E-state index in [-0.39, 0.29) is 11.3 Å². The minimum Gasteiger partial charge on any atom is -0.490 e. The third-order valence-corrected chi connectivity index (χ3v) is 6.04. The Labute approximate surface area is 169 Å². The molecule has 1 N–H and O–H groups in total. The van der Waals surface area contributed by atoms with Crippen molar-refractivity contribution in [1.29, 1.82) is 0 Å². The zero-order valence-corrected chi connectivity index (χ0v) is 17.8. The van der Waals surface area contributed by atoms with E-state index in [2.05, 4.69) is 30.1 Å². The van der Waals surface area contributed by atoms with E-state index in [1.54, 1.807) is 0 Å². The molecular weight excluding hydrogens is 352 g/mol. The molecule has 1 heterocycles. The highest BCUT2D eigenvalue weighted by Gasteiger charge is 2.58. The van der Waals surface area contributed by atoms with E-state index in [1.165, 1.54) is 0 Å². The van der Waals surface area contributed by atoms with Gasteiger partial charge in [-0.3, -0.25) is 4.79 Å². The van der Waals surface area contributed by atoms with Gasteiger partial charge in [-0.2, -0.15) is 0 Å². The molecule has 1 aromatic rings. The molecule has 1 aliphatic heterocycles. The first kappa shape index (κ1) is 21.0. The number of ether oxygens (including phenoxy) is 2. The first-order valence-corrected chi connectivity index (χ1v) is 11.0. The fourth-order valence-corrected chi connectivity index (χ4v) is 4.40. The summed E-state index contributed by atoms with van der Waals surface area (Å²) in [6.07, 6.45) is 5.29. The summed E-state index contributed by atoms with van der Waals surface area (Å²) in [5.74, 6) is 2.13. The summed E-state index contributed by atoms with van der Waals surface area (Å²) >= 11 is 0. The van der Waals surface area contributed by atoms with Crippen molar-refractivity contribution in [3.63, 3.8) is 0 Å². The van der Waals surface area contributed by atoms with E-state index >= 15 is 0 Å². The second-order valence-corrected chi connectivity index (χ2v) is 8.19. The number of hydrogen-bond donors (Lipinski definition) is 1. The van der Waals surface area contributed by atoms with Crippen molar-refractivity contribution < 1.29 is 14.3 Å². The van der Waals surface area contributed by atoms with E-state index in [4.69, 9.17) is 9.47 Å². The summed E-state index contributed by atoms with van der Waals surface area (Å²) in [6.45, 7) is 11.0. The molecule has 1 unspecified atom stereocenters. The summed E-state index contributed by atoms with van der Waals surface area (Å²) in [7, 11) is 0. The standard InChI is InChI=1S/C23H36N2O3/c1-4-13-25(22(26)19-16-23(19)9-11-24-12-10-23)17-18-7-8-20(28-14-5-2)21(15-18)27-6-3/h7-8,15,19,24H,4-6,9-14,16-17H2,1-3H3. The van der Waals surface area contributed by atoms with Crippen LogP contribution in [-0.2, 0) is 11.3 Å². The lowest BCUT2D eigenvalue weighted by atomic mass is 9.91. The summed E-state index contributed by atoms with van der Waals surface area (Å²) in [5, 5.41) is 3.42. The number of carbonyl (C=O) groups excluding carboxylic acids is 1. The number of carbonyl (C=O) groups is 1. The second-order valence-electron chi connectivity index (χ2n) is 8.19. The van der Waals surface area contributed by atoms with Crippen LogP contribution in [0, 0.1) is 11.3 Å². The van der Waals surface area contributed by atoms with Gasteiger partial charge >= 0.3 is 0 Å². The molecule has 28 heavy (non-hydrogen) atoms. The number of nitrogens with zero attached hydrogens (tertiary/aromatic N) is 1. The maximum absolute atomic E-state index is 13.2. The van der Waals surface area contributed by atoms with Crippen LogP contribution < -0.4 is 14.8 Å². The summed E-state index contributed by atoms with van der Waals surface area (Å²) in [4.78, 5) is 15.3. The monoisotopic (exact) mass is 388 g/mol. The lowest BCUT2D eigenvalue weighted by molar-refractivity contribution is -0.134. The van der Waals surface area contributed by atoms with Gasteiger partial charge in [0.2, 0.25) is 5.91 Å². The van der Waals surface area contributed by atoms with Crippen LogP contribution >= 0.6 is 0 Å².